The highest BCUT2D eigenvalue weighted by Gasteiger charge is 2.35. The first-order valence-electron chi connectivity index (χ1n) is 8.56. The van der Waals surface area contributed by atoms with Crippen LogP contribution in [-0.2, 0) is 12.4 Å². The summed E-state index contributed by atoms with van der Waals surface area (Å²) >= 11 is 0. The van der Waals surface area contributed by atoms with Crippen molar-refractivity contribution in [2.75, 3.05) is 6.54 Å². The Kier molecular flexibility index (Phi) is 5.36. The van der Waals surface area contributed by atoms with Gasteiger partial charge >= 0.3 is 12.4 Å². The van der Waals surface area contributed by atoms with Crippen LogP contribution in [0.3, 0.4) is 0 Å². The molecule has 0 bridgehead atoms. The molecule has 1 aliphatic heterocycles. The van der Waals surface area contributed by atoms with Gasteiger partial charge in [0, 0.05) is 11.4 Å². The van der Waals surface area contributed by atoms with Crippen molar-refractivity contribution in [2.24, 2.45) is 0 Å². The Morgan fingerprint density at radius 1 is 1.07 bits per heavy atom. The van der Waals surface area contributed by atoms with E-state index >= 15 is 0 Å². The SMILES string of the molecule is OC(CC1CCCCN1)c1cc(C(F)(F)F)nc2cc(C(F)(F)F)ccc12. The maximum Gasteiger partial charge on any atom is 0.433 e. The summed E-state index contributed by atoms with van der Waals surface area (Å²) < 4.78 is 78.3. The summed E-state index contributed by atoms with van der Waals surface area (Å²) in [6, 6.07) is 3.11. The van der Waals surface area contributed by atoms with E-state index in [2.05, 4.69) is 10.3 Å². The highest BCUT2D eigenvalue weighted by molar-refractivity contribution is 5.83. The first-order chi connectivity index (χ1) is 12.6. The number of nitrogens with one attached hydrogen (secondary N) is 1. The predicted octanol–water partition coefficient (Wildman–Crippen LogP) is 4.84. The molecular formula is C18H18F6N2O. The number of aromatic nitrogens is 1. The first kappa shape index (κ1) is 19.9. The van der Waals surface area contributed by atoms with Gasteiger partial charge in [-0.1, -0.05) is 12.5 Å². The fourth-order valence-corrected chi connectivity index (χ4v) is 3.37. The average Bonchev–Trinajstić information content (AvgIpc) is 2.59. The molecule has 2 unspecified atom stereocenters. The minimum atomic E-state index is -4.83. The average molecular weight is 392 g/mol. The van der Waals surface area contributed by atoms with E-state index in [9.17, 15) is 31.4 Å². The van der Waals surface area contributed by atoms with Gasteiger partial charge in [-0.3, -0.25) is 0 Å². The second-order valence-electron chi connectivity index (χ2n) is 6.72. The van der Waals surface area contributed by atoms with Crippen molar-refractivity contribution in [1.29, 1.82) is 0 Å². The topological polar surface area (TPSA) is 45.1 Å². The van der Waals surface area contributed by atoms with Crippen molar-refractivity contribution < 1.29 is 31.4 Å². The highest BCUT2D eigenvalue weighted by atomic mass is 19.4. The van der Waals surface area contributed by atoms with Gasteiger partial charge in [-0.05, 0) is 49.6 Å². The van der Waals surface area contributed by atoms with Crippen LogP contribution >= 0.6 is 0 Å². The molecule has 1 saturated heterocycles. The van der Waals surface area contributed by atoms with E-state index < -0.39 is 35.2 Å². The molecule has 2 heterocycles. The summed E-state index contributed by atoms with van der Waals surface area (Å²) in [6.07, 6.45) is -7.88. The van der Waals surface area contributed by atoms with E-state index in [-0.39, 0.29) is 23.4 Å². The van der Waals surface area contributed by atoms with E-state index in [4.69, 9.17) is 0 Å². The third kappa shape index (κ3) is 4.52. The van der Waals surface area contributed by atoms with Gasteiger partial charge in [0.1, 0.15) is 5.69 Å². The number of pyridine rings is 1. The molecule has 0 radical (unpaired) electrons. The molecule has 0 saturated carbocycles. The van der Waals surface area contributed by atoms with Crippen molar-refractivity contribution in [1.82, 2.24) is 10.3 Å². The molecule has 1 fully saturated rings. The van der Waals surface area contributed by atoms with Gasteiger partial charge in [-0.25, -0.2) is 4.98 Å². The fourth-order valence-electron chi connectivity index (χ4n) is 3.37. The zero-order valence-electron chi connectivity index (χ0n) is 14.2. The van der Waals surface area contributed by atoms with Gasteiger partial charge < -0.3 is 10.4 Å². The normalized spacial score (nSPS) is 20.0. The number of alkyl halides is 6. The number of hydrogen-bond donors (Lipinski definition) is 2. The quantitative estimate of drug-likeness (QED) is 0.735. The van der Waals surface area contributed by atoms with Crippen molar-refractivity contribution in [3.63, 3.8) is 0 Å². The van der Waals surface area contributed by atoms with Gasteiger partial charge in [-0.15, -0.1) is 0 Å². The van der Waals surface area contributed by atoms with Gasteiger partial charge in [0.15, 0.2) is 0 Å². The molecule has 2 atom stereocenters. The van der Waals surface area contributed by atoms with Gasteiger partial charge in [0.05, 0.1) is 17.2 Å². The highest BCUT2D eigenvalue weighted by Crippen LogP contribution is 2.37. The van der Waals surface area contributed by atoms with Crippen molar-refractivity contribution >= 4 is 10.9 Å². The lowest BCUT2D eigenvalue weighted by Gasteiger charge is -2.26. The molecule has 27 heavy (non-hydrogen) atoms. The van der Waals surface area contributed by atoms with Gasteiger partial charge in [0.2, 0.25) is 0 Å². The molecule has 1 aromatic heterocycles. The molecule has 0 spiro atoms. The van der Waals surface area contributed by atoms with Gasteiger partial charge in [0.25, 0.3) is 0 Å². The number of piperidine rings is 1. The minimum Gasteiger partial charge on any atom is -0.388 e. The maximum atomic E-state index is 13.2. The van der Waals surface area contributed by atoms with E-state index in [0.717, 1.165) is 44.0 Å². The largest absolute Gasteiger partial charge is 0.433 e. The zero-order chi connectivity index (χ0) is 19.8. The molecule has 0 amide bonds. The summed E-state index contributed by atoms with van der Waals surface area (Å²) in [5, 5.41) is 13.8. The van der Waals surface area contributed by atoms with E-state index in [0.29, 0.717) is 6.07 Å². The lowest BCUT2D eigenvalue weighted by Crippen LogP contribution is -2.35. The van der Waals surface area contributed by atoms with Crippen LogP contribution < -0.4 is 5.32 Å². The third-order valence-corrected chi connectivity index (χ3v) is 4.74. The van der Waals surface area contributed by atoms with Crippen LogP contribution in [0, 0.1) is 0 Å². The minimum absolute atomic E-state index is 0.0549. The van der Waals surface area contributed by atoms with E-state index in [1.807, 2.05) is 0 Å². The number of hydrogen-bond acceptors (Lipinski definition) is 3. The second kappa shape index (κ2) is 7.27. The summed E-state index contributed by atoms with van der Waals surface area (Å²) in [6.45, 7) is 0.761. The lowest BCUT2D eigenvalue weighted by molar-refractivity contribution is -0.141. The molecule has 3 rings (SSSR count). The Labute approximate surface area is 151 Å². The van der Waals surface area contributed by atoms with Crippen LogP contribution in [-0.4, -0.2) is 22.7 Å². The van der Waals surface area contributed by atoms with Crippen molar-refractivity contribution in [3.05, 3.63) is 41.1 Å². The molecule has 2 aromatic rings. The molecule has 0 aliphatic carbocycles. The Bertz CT molecular complexity index is 807. The lowest BCUT2D eigenvalue weighted by atomic mass is 9.93. The Morgan fingerprint density at radius 3 is 2.41 bits per heavy atom. The van der Waals surface area contributed by atoms with Crippen molar-refractivity contribution in [2.45, 2.75) is 50.2 Å². The van der Waals surface area contributed by atoms with Crippen molar-refractivity contribution in [3.8, 4) is 0 Å². The summed E-state index contributed by atoms with van der Waals surface area (Å²) in [4.78, 5) is 3.36. The number of aliphatic hydroxyl groups is 1. The Morgan fingerprint density at radius 2 is 1.81 bits per heavy atom. The summed E-state index contributed by atoms with van der Waals surface area (Å²) in [7, 11) is 0. The molecule has 9 heteroatoms. The third-order valence-electron chi connectivity index (χ3n) is 4.74. The van der Waals surface area contributed by atoms with Crippen LogP contribution in [0.5, 0.6) is 0 Å². The number of aliphatic hydroxyl groups excluding tert-OH is 1. The van der Waals surface area contributed by atoms with E-state index in [1.165, 1.54) is 0 Å². The molecular weight excluding hydrogens is 374 g/mol. The molecule has 2 N–H and O–H groups in total. The van der Waals surface area contributed by atoms with Crippen LogP contribution in [0.1, 0.15) is 48.6 Å². The molecule has 148 valence electrons. The van der Waals surface area contributed by atoms with E-state index in [1.54, 1.807) is 0 Å². The monoisotopic (exact) mass is 392 g/mol. The maximum absolute atomic E-state index is 13.2. The van der Waals surface area contributed by atoms with Crippen LogP contribution in [0.15, 0.2) is 24.3 Å². The molecule has 1 aromatic carbocycles. The summed E-state index contributed by atoms with van der Waals surface area (Å²) in [5.41, 5.74) is -2.91. The zero-order valence-corrected chi connectivity index (χ0v) is 14.2. The smallest absolute Gasteiger partial charge is 0.388 e. The molecule has 1 aliphatic rings. The number of benzene rings is 1. The Balaban J connectivity index is 2.06. The summed E-state index contributed by atoms with van der Waals surface area (Å²) in [5.74, 6) is 0. The van der Waals surface area contributed by atoms with Crippen LogP contribution in [0.4, 0.5) is 26.3 Å². The fraction of sp³-hybridized carbons (Fsp3) is 0.500. The number of halogens is 6. The second-order valence-corrected chi connectivity index (χ2v) is 6.72. The number of nitrogens with zero attached hydrogens (tertiary/aromatic N) is 1. The van der Waals surface area contributed by atoms with Crippen LogP contribution in [0.25, 0.3) is 10.9 Å². The first-order valence-corrected chi connectivity index (χ1v) is 8.56. The predicted molar refractivity (Wildman–Crippen MR) is 87.0 cm³/mol. The van der Waals surface area contributed by atoms with Gasteiger partial charge in [-0.2, -0.15) is 26.3 Å². The molecule has 3 nitrogen and oxygen atoms in total. The Hall–Kier alpha value is -1.87. The number of rotatable bonds is 3. The number of fused-ring (bicyclic) bond motifs is 1. The standard InChI is InChI=1S/C18H18F6N2O/c19-17(20,21)10-4-5-12-13(15(27)8-11-3-1-2-6-25-11)9-16(18(22,23)24)26-14(12)7-10/h4-5,7,9,11,15,25,27H,1-3,6,8H2. The van der Waals surface area contributed by atoms with Crippen LogP contribution in [0.2, 0.25) is 0 Å².